The average Bonchev–Trinajstić information content (AvgIpc) is 2.56. The van der Waals surface area contributed by atoms with Gasteiger partial charge in [0.05, 0.1) is 6.54 Å². The predicted octanol–water partition coefficient (Wildman–Crippen LogP) is 2.21. The van der Waals surface area contributed by atoms with Gasteiger partial charge in [0.2, 0.25) is 5.91 Å². The highest BCUT2D eigenvalue weighted by molar-refractivity contribution is 5.78. The third-order valence-corrected chi connectivity index (χ3v) is 4.93. The molecule has 2 fully saturated rings. The van der Waals surface area contributed by atoms with Gasteiger partial charge in [0.25, 0.3) is 0 Å². The molecule has 1 aromatic carbocycles. The second-order valence-corrected chi connectivity index (χ2v) is 6.83. The first-order chi connectivity index (χ1) is 11.1. The van der Waals surface area contributed by atoms with Gasteiger partial charge in [-0.25, -0.2) is 4.39 Å². The summed E-state index contributed by atoms with van der Waals surface area (Å²) >= 11 is 0. The Morgan fingerprint density at radius 1 is 1.13 bits per heavy atom. The molecule has 1 atom stereocenters. The van der Waals surface area contributed by atoms with Crippen molar-refractivity contribution in [2.75, 3.05) is 50.7 Å². The van der Waals surface area contributed by atoms with E-state index in [9.17, 15) is 9.18 Å². The van der Waals surface area contributed by atoms with Crippen LogP contribution >= 0.6 is 0 Å². The topological polar surface area (TPSA) is 26.8 Å². The van der Waals surface area contributed by atoms with Crippen LogP contribution < -0.4 is 4.90 Å². The van der Waals surface area contributed by atoms with Gasteiger partial charge in [-0.05, 0) is 43.0 Å². The van der Waals surface area contributed by atoms with Gasteiger partial charge in [-0.1, -0.05) is 6.92 Å². The van der Waals surface area contributed by atoms with Crippen molar-refractivity contribution >= 4 is 11.6 Å². The number of anilines is 1. The number of carbonyl (C=O) groups is 1. The highest BCUT2D eigenvalue weighted by Gasteiger charge is 2.24. The highest BCUT2D eigenvalue weighted by Crippen LogP contribution is 2.18. The number of likely N-dealkylation sites (tertiary alicyclic amines) is 1. The molecular weight excluding hydrogens is 293 g/mol. The Kier molecular flexibility index (Phi) is 5.16. The van der Waals surface area contributed by atoms with Crippen LogP contribution in [-0.4, -0.2) is 61.5 Å². The maximum atomic E-state index is 13.0. The maximum absolute atomic E-state index is 13.0. The number of carbonyl (C=O) groups excluding carboxylic acids is 1. The van der Waals surface area contributed by atoms with Crippen LogP contribution in [-0.2, 0) is 4.79 Å². The molecule has 0 aromatic heterocycles. The fourth-order valence-corrected chi connectivity index (χ4v) is 3.52. The van der Waals surface area contributed by atoms with E-state index < -0.39 is 0 Å². The zero-order valence-corrected chi connectivity index (χ0v) is 13.9. The molecule has 0 bridgehead atoms. The summed E-state index contributed by atoms with van der Waals surface area (Å²) in [5, 5.41) is 0. The molecule has 4 nitrogen and oxygen atoms in total. The molecule has 0 aliphatic carbocycles. The highest BCUT2D eigenvalue weighted by atomic mass is 19.1. The van der Waals surface area contributed by atoms with Gasteiger partial charge in [0.1, 0.15) is 5.82 Å². The lowest BCUT2D eigenvalue weighted by Gasteiger charge is -2.37. The minimum absolute atomic E-state index is 0.200. The van der Waals surface area contributed by atoms with Crippen molar-refractivity contribution in [3.63, 3.8) is 0 Å². The largest absolute Gasteiger partial charge is 0.369 e. The summed E-state index contributed by atoms with van der Waals surface area (Å²) in [6, 6.07) is 6.65. The van der Waals surface area contributed by atoms with Crippen LogP contribution in [0.2, 0.25) is 0 Å². The maximum Gasteiger partial charge on any atom is 0.236 e. The zero-order valence-electron chi connectivity index (χ0n) is 13.9. The van der Waals surface area contributed by atoms with Gasteiger partial charge < -0.3 is 9.80 Å². The van der Waals surface area contributed by atoms with Gasteiger partial charge in [0, 0.05) is 45.0 Å². The Balaban J connectivity index is 1.47. The molecule has 5 heteroatoms. The Morgan fingerprint density at radius 2 is 1.83 bits per heavy atom. The summed E-state index contributed by atoms with van der Waals surface area (Å²) in [5.41, 5.74) is 1.06. The molecule has 1 amide bonds. The van der Waals surface area contributed by atoms with Crippen molar-refractivity contribution in [1.29, 1.82) is 0 Å². The minimum Gasteiger partial charge on any atom is -0.369 e. The molecule has 2 heterocycles. The van der Waals surface area contributed by atoms with Crippen LogP contribution in [0.4, 0.5) is 10.1 Å². The number of halogens is 1. The van der Waals surface area contributed by atoms with Crippen molar-refractivity contribution in [3.05, 3.63) is 30.1 Å². The summed E-state index contributed by atoms with van der Waals surface area (Å²) < 4.78 is 13.0. The van der Waals surface area contributed by atoms with E-state index in [1.165, 1.54) is 18.6 Å². The van der Waals surface area contributed by atoms with Gasteiger partial charge in [-0.3, -0.25) is 9.69 Å². The summed E-state index contributed by atoms with van der Waals surface area (Å²) in [6.07, 6.45) is 2.37. The third kappa shape index (κ3) is 4.22. The second-order valence-electron chi connectivity index (χ2n) is 6.83. The van der Waals surface area contributed by atoms with Crippen LogP contribution in [0.5, 0.6) is 0 Å². The van der Waals surface area contributed by atoms with E-state index in [0.717, 1.165) is 51.4 Å². The van der Waals surface area contributed by atoms with E-state index >= 15 is 0 Å². The lowest BCUT2D eigenvalue weighted by molar-refractivity contribution is -0.134. The summed E-state index contributed by atoms with van der Waals surface area (Å²) in [6.45, 7) is 8.11. The Morgan fingerprint density at radius 3 is 2.48 bits per heavy atom. The molecular formula is C18H26FN3O. The van der Waals surface area contributed by atoms with E-state index in [2.05, 4.69) is 16.7 Å². The number of hydrogen-bond donors (Lipinski definition) is 0. The second kappa shape index (κ2) is 7.30. The van der Waals surface area contributed by atoms with E-state index in [-0.39, 0.29) is 11.7 Å². The molecule has 2 aliphatic rings. The minimum atomic E-state index is -0.200. The number of rotatable bonds is 3. The fraction of sp³-hybridized carbons (Fsp3) is 0.611. The molecule has 126 valence electrons. The molecule has 2 saturated heterocycles. The molecule has 0 saturated carbocycles. The monoisotopic (exact) mass is 319 g/mol. The van der Waals surface area contributed by atoms with Gasteiger partial charge in [-0.2, -0.15) is 0 Å². The lowest BCUT2D eigenvalue weighted by atomic mass is 10.0. The van der Waals surface area contributed by atoms with Crippen LogP contribution in [0.1, 0.15) is 19.8 Å². The molecule has 23 heavy (non-hydrogen) atoms. The molecule has 0 N–H and O–H groups in total. The number of nitrogens with zero attached hydrogens (tertiary/aromatic N) is 3. The Bertz CT molecular complexity index is 526. The Hall–Kier alpha value is -1.62. The van der Waals surface area contributed by atoms with Gasteiger partial charge in [0.15, 0.2) is 0 Å². The van der Waals surface area contributed by atoms with Crippen molar-refractivity contribution in [1.82, 2.24) is 9.80 Å². The van der Waals surface area contributed by atoms with Crippen molar-refractivity contribution in [2.45, 2.75) is 19.8 Å². The molecule has 2 aliphatic heterocycles. The molecule has 1 unspecified atom stereocenters. The standard InChI is InChI=1S/C18H26FN3O/c1-15-3-2-8-22(13-15)18(23)14-20-9-11-21(12-10-20)17-6-4-16(19)5-7-17/h4-7,15H,2-3,8-14H2,1H3. The van der Waals surface area contributed by atoms with Crippen LogP contribution in [0.25, 0.3) is 0 Å². The average molecular weight is 319 g/mol. The lowest BCUT2D eigenvalue weighted by Crippen LogP contribution is -2.51. The van der Waals surface area contributed by atoms with E-state index in [4.69, 9.17) is 0 Å². The third-order valence-electron chi connectivity index (χ3n) is 4.93. The number of piperazine rings is 1. The molecule has 1 aromatic rings. The summed E-state index contributed by atoms with van der Waals surface area (Å²) in [7, 11) is 0. The molecule has 0 radical (unpaired) electrons. The van der Waals surface area contributed by atoms with E-state index in [1.807, 2.05) is 17.0 Å². The molecule has 0 spiro atoms. The fourth-order valence-electron chi connectivity index (χ4n) is 3.52. The molecule has 3 rings (SSSR count). The van der Waals surface area contributed by atoms with E-state index in [1.54, 1.807) is 0 Å². The number of piperidine rings is 1. The van der Waals surface area contributed by atoms with Gasteiger partial charge >= 0.3 is 0 Å². The van der Waals surface area contributed by atoms with Crippen LogP contribution in [0.3, 0.4) is 0 Å². The first kappa shape index (κ1) is 16.2. The van der Waals surface area contributed by atoms with E-state index in [0.29, 0.717) is 12.5 Å². The predicted molar refractivity (Wildman–Crippen MR) is 90.0 cm³/mol. The summed E-state index contributed by atoms with van der Waals surface area (Å²) in [5.74, 6) is 0.698. The SMILES string of the molecule is CC1CCCN(C(=O)CN2CCN(c3ccc(F)cc3)CC2)C1. The number of hydrogen-bond acceptors (Lipinski definition) is 3. The zero-order chi connectivity index (χ0) is 16.2. The van der Waals surface area contributed by atoms with Crippen molar-refractivity contribution < 1.29 is 9.18 Å². The first-order valence-corrected chi connectivity index (χ1v) is 8.62. The Labute approximate surface area is 137 Å². The smallest absolute Gasteiger partial charge is 0.236 e. The normalized spacial score (nSPS) is 23.1. The van der Waals surface area contributed by atoms with Gasteiger partial charge in [-0.15, -0.1) is 0 Å². The quantitative estimate of drug-likeness (QED) is 0.855. The summed E-state index contributed by atoms with van der Waals surface area (Å²) in [4.78, 5) is 18.9. The first-order valence-electron chi connectivity index (χ1n) is 8.62. The van der Waals surface area contributed by atoms with Crippen molar-refractivity contribution in [3.8, 4) is 0 Å². The number of amides is 1. The number of benzene rings is 1. The van der Waals surface area contributed by atoms with Crippen molar-refractivity contribution in [2.24, 2.45) is 5.92 Å². The van der Waals surface area contributed by atoms with Crippen LogP contribution in [0, 0.1) is 11.7 Å². The van der Waals surface area contributed by atoms with Crippen LogP contribution in [0.15, 0.2) is 24.3 Å².